The smallest absolute Gasteiger partial charge is 0.267 e. The lowest BCUT2D eigenvalue weighted by Crippen LogP contribution is -2.32. The van der Waals surface area contributed by atoms with Gasteiger partial charge in [0.15, 0.2) is 11.2 Å². The van der Waals surface area contributed by atoms with Gasteiger partial charge in [-0.15, -0.1) is 11.3 Å². The Morgan fingerprint density at radius 2 is 2.14 bits per heavy atom. The van der Waals surface area contributed by atoms with E-state index in [9.17, 15) is 4.79 Å². The van der Waals surface area contributed by atoms with Crippen LogP contribution in [0.4, 0.5) is 5.13 Å². The van der Waals surface area contributed by atoms with Crippen LogP contribution in [0.5, 0.6) is 5.75 Å². The Morgan fingerprint density at radius 1 is 1.38 bits per heavy atom. The zero-order chi connectivity index (χ0) is 15.2. The van der Waals surface area contributed by atoms with E-state index in [0.29, 0.717) is 17.5 Å². The molecule has 0 aliphatic carbocycles. The molecule has 0 fully saturated rings. The average molecular weight is 304 g/mol. The first kappa shape index (κ1) is 15.5. The van der Waals surface area contributed by atoms with Crippen LogP contribution in [0.15, 0.2) is 35.8 Å². The molecule has 0 saturated carbocycles. The molecule has 1 N–H and O–H groups in total. The molecule has 0 radical (unpaired) electrons. The minimum Gasteiger partial charge on any atom is -0.480 e. The van der Waals surface area contributed by atoms with E-state index >= 15 is 0 Å². The van der Waals surface area contributed by atoms with Crippen molar-refractivity contribution in [1.82, 2.24) is 4.98 Å². The third-order valence-electron chi connectivity index (χ3n) is 3.14. The van der Waals surface area contributed by atoms with Gasteiger partial charge in [-0.3, -0.25) is 10.1 Å². The number of anilines is 1. The van der Waals surface area contributed by atoms with Gasteiger partial charge in [0.25, 0.3) is 5.91 Å². The van der Waals surface area contributed by atoms with Crippen LogP contribution >= 0.6 is 11.3 Å². The van der Waals surface area contributed by atoms with Crippen molar-refractivity contribution in [2.75, 3.05) is 5.32 Å². The maximum absolute atomic E-state index is 12.3. The Balaban J connectivity index is 2.10. The van der Waals surface area contributed by atoms with Crippen LogP contribution in [-0.2, 0) is 4.79 Å². The molecule has 0 saturated heterocycles. The van der Waals surface area contributed by atoms with Crippen LogP contribution in [0.25, 0.3) is 0 Å². The van der Waals surface area contributed by atoms with E-state index in [1.165, 1.54) is 11.3 Å². The van der Waals surface area contributed by atoms with Crippen LogP contribution < -0.4 is 10.1 Å². The number of thiazole rings is 1. The normalized spacial score (nSPS) is 12.2. The quantitative estimate of drug-likeness (QED) is 0.875. The van der Waals surface area contributed by atoms with Gasteiger partial charge in [0.1, 0.15) is 5.75 Å². The third kappa shape index (κ3) is 4.04. The summed E-state index contributed by atoms with van der Waals surface area (Å²) in [6.07, 6.45) is 1.74. The molecule has 4 nitrogen and oxygen atoms in total. The van der Waals surface area contributed by atoms with Crippen molar-refractivity contribution in [2.24, 2.45) is 0 Å². The molecule has 0 aliphatic rings. The first-order valence-electron chi connectivity index (χ1n) is 7.07. The van der Waals surface area contributed by atoms with E-state index in [-0.39, 0.29) is 5.91 Å². The second-order valence-corrected chi connectivity index (χ2v) is 5.93. The lowest BCUT2D eigenvalue weighted by molar-refractivity contribution is -0.122. The number of aromatic nitrogens is 1. The number of benzene rings is 1. The number of carbonyl (C=O) groups is 1. The van der Waals surface area contributed by atoms with Gasteiger partial charge in [0.05, 0.1) is 0 Å². The molecule has 1 aromatic heterocycles. The van der Waals surface area contributed by atoms with Gasteiger partial charge < -0.3 is 4.74 Å². The number of amides is 1. The number of hydrogen-bond donors (Lipinski definition) is 1. The number of para-hydroxylation sites is 1. The first-order chi connectivity index (χ1) is 10.1. The minimum absolute atomic E-state index is 0.161. The van der Waals surface area contributed by atoms with E-state index in [2.05, 4.69) is 24.1 Å². The summed E-state index contributed by atoms with van der Waals surface area (Å²) in [5.74, 6) is 0.959. The molecular formula is C16H20N2O2S. The van der Waals surface area contributed by atoms with Crippen molar-refractivity contribution in [3.05, 3.63) is 41.4 Å². The predicted octanol–water partition coefficient (Wildman–Crippen LogP) is 4.06. The number of hydrogen-bond acceptors (Lipinski definition) is 4. The van der Waals surface area contributed by atoms with Gasteiger partial charge >= 0.3 is 0 Å². The Morgan fingerprint density at radius 3 is 2.76 bits per heavy atom. The number of carbonyl (C=O) groups excluding carboxylic acids is 1. The maximum atomic E-state index is 12.3. The highest BCUT2D eigenvalue weighted by Crippen LogP contribution is 2.27. The molecule has 1 amide bonds. The number of ether oxygens (including phenoxy) is 1. The molecule has 0 aliphatic heterocycles. The van der Waals surface area contributed by atoms with Crippen LogP contribution in [0, 0.1) is 0 Å². The first-order valence-corrected chi connectivity index (χ1v) is 7.95. The van der Waals surface area contributed by atoms with Crippen molar-refractivity contribution in [1.29, 1.82) is 0 Å². The highest BCUT2D eigenvalue weighted by molar-refractivity contribution is 7.13. The molecule has 1 aromatic carbocycles. The van der Waals surface area contributed by atoms with Crippen molar-refractivity contribution in [2.45, 2.75) is 39.2 Å². The molecule has 1 atom stereocenters. The summed E-state index contributed by atoms with van der Waals surface area (Å²) in [6, 6.07) is 7.85. The fourth-order valence-corrected chi connectivity index (χ4v) is 2.54. The highest BCUT2D eigenvalue weighted by Gasteiger charge is 2.21. The summed E-state index contributed by atoms with van der Waals surface area (Å²) in [5.41, 5.74) is 1.11. The van der Waals surface area contributed by atoms with Gasteiger partial charge in [0.2, 0.25) is 0 Å². The fraction of sp³-hybridized carbons (Fsp3) is 0.375. The summed E-state index contributed by atoms with van der Waals surface area (Å²) in [4.78, 5) is 16.3. The summed E-state index contributed by atoms with van der Waals surface area (Å²) < 4.78 is 5.93. The van der Waals surface area contributed by atoms with Crippen LogP contribution in [-0.4, -0.2) is 17.0 Å². The predicted molar refractivity (Wildman–Crippen MR) is 86.0 cm³/mol. The zero-order valence-corrected chi connectivity index (χ0v) is 13.3. The minimum atomic E-state index is -0.520. The average Bonchev–Trinajstić information content (AvgIpc) is 2.97. The van der Waals surface area contributed by atoms with E-state index in [1.807, 2.05) is 36.6 Å². The SMILES string of the molecule is CC[C@@H](Oc1ccccc1C(C)C)C(=O)Nc1nccs1. The van der Waals surface area contributed by atoms with E-state index < -0.39 is 6.10 Å². The van der Waals surface area contributed by atoms with Gasteiger partial charge in [-0.2, -0.15) is 0 Å². The molecule has 21 heavy (non-hydrogen) atoms. The van der Waals surface area contributed by atoms with Gasteiger partial charge in [-0.05, 0) is 24.0 Å². The maximum Gasteiger partial charge on any atom is 0.267 e. The summed E-state index contributed by atoms with van der Waals surface area (Å²) in [7, 11) is 0. The summed E-state index contributed by atoms with van der Waals surface area (Å²) >= 11 is 1.39. The number of nitrogens with one attached hydrogen (secondary N) is 1. The Bertz CT molecular complexity index is 582. The van der Waals surface area contributed by atoms with Crippen molar-refractivity contribution in [3.63, 3.8) is 0 Å². The molecule has 1 heterocycles. The second-order valence-electron chi connectivity index (χ2n) is 5.03. The lowest BCUT2D eigenvalue weighted by atomic mass is 10.0. The fourth-order valence-electron chi connectivity index (χ4n) is 2.01. The van der Waals surface area contributed by atoms with E-state index in [0.717, 1.165) is 11.3 Å². The number of rotatable bonds is 6. The van der Waals surface area contributed by atoms with Crippen LogP contribution in [0.2, 0.25) is 0 Å². The van der Waals surface area contributed by atoms with E-state index in [4.69, 9.17) is 4.74 Å². The van der Waals surface area contributed by atoms with Crippen molar-refractivity contribution >= 4 is 22.4 Å². The molecule has 2 aromatic rings. The van der Waals surface area contributed by atoms with E-state index in [1.54, 1.807) is 6.20 Å². The van der Waals surface area contributed by atoms with Crippen molar-refractivity contribution < 1.29 is 9.53 Å². The number of nitrogens with zero attached hydrogens (tertiary/aromatic N) is 1. The van der Waals surface area contributed by atoms with Gasteiger partial charge in [-0.25, -0.2) is 4.98 Å². The monoisotopic (exact) mass is 304 g/mol. The molecule has 0 unspecified atom stereocenters. The lowest BCUT2D eigenvalue weighted by Gasteiger charge is -2.20. The van der Waals surface area contributed by atoms with Crippen LogP contribution in [0.1, 0.15) is 38.7 Å². The molecule has 112 valence electrons. The Kier molecular flexibility index (Phi) is 5.33. The van der Waals surface area contributed by atoms with Crippen molar-refractivity contribution in [3.8, 4) is 5.75 Å². The molecule has 5 heteroatoms. The second kappa shape index (κ2) is 7.22. The molecular weight excluding hydrogens is 284 g/mol. The Labute approximate surface area is 129 Å². The zero-order valence-electron chi connectivity index (χ0n) is 12.5. The van der Waals surface area contributed by atoms with Gasteiger partial charge in [0, 0.05) is 11.6 Å². The topological polar surface area (TPSA) is 51.2 Å². The summed E-state index contributed by atoms with van der Waals surface area (Å²) in [5, 5.41) is 5.21. The molecule has 0 bridgehead atoms. The Hall–Kier alpha value is -1.88. The highest BCUT2D eigenvalue weighted by atomic mass is 32.1. The van der Waals surface area contributed by atoms with Crippen LogP contribution in [0.3, 0.4) is 0 Å². The summed E-state index contributed by atoms with van der Waals surface area (Å²) in [6.45, 7) is 6.15. The molecule has 2 rings (SSSR count). The standard InChI is InChI=1S/C16H20N2O2S/c1-4-13(15(19)18-16-17-9-10-21-16)20-14-8-6-5-7-12(14)11(2)3/h5-11,13H,4H2,1-3H3,(H,17,18,19)/t13-/m1/s1. The third-order valence-corrected chi connectivity index (χ3v) is 3.82. The largest absolute Gasteiger partial charge is 0.480 e. The molecule has 0 spiro atoms. The van der Waals surface area contributed by atoms with Gasteiger partial charge in [-0.1, -0.05) is 39.0 Å².